The number of H-pyrrole nitrogens is 1. The number of aromatic amines is 1. The Hall–Kier alpha value is -2.78. The first-order valence-corrected chi connectivity index (χ1v) is 9.66. The summed E-state index contributed by atoms with van der Waals surface area (Å²) >= 11 is 0. The van der Waals surface area contributed by atoms with E-state index in [0.717, 1.165) is 37.5 Å². The van der Waals surface area contributed by atoms with Crippen LogP contribution in [0.5, 0.6) is 11.5 Å². The molecule has 1 aliphatic heterocycles. The van der Waals surface area contributed by atoms with Crippen LogP contribution in [0.2, 0.25) is 0 Å². The Morgan fingerprint density at radius 3 is 2.57 bits per heavy atom. The Morgan fingerprint density at radius 1 is 1.13 bits per heavy atom. The summed E-state index contributed by atoms with van der Waals surface area (Å²) in [5, 5.41) is 10.6. The number of nitrogens with one attached hydrogen (secondary N) is 1. The maximum absolute atomic E-state index is 12.7. The molecule has 0 amide bonds. The van der Waals surface area contributed by atoms with Gasteiger partial charge in [0.15, 0.2) is 11.5 Å². The third-order valence-electron chi connectivity index (χ3n) is 5.19. The number of aromatic hydroxyl groups is 1. The van der Waals surface area contributed by atoms with Crippen LogP contribution in [0.4, 0.5) is 13.2 Å². The zero-order valence-electron chi connectivity index (χ0n) is 16.3. The predicted molar refractivity (Wildman–Crippen MR) is 104 cm³/mol. The molecule has 2 heterocycles. The van der Waals surface area contributed by atoms with Gasteiger partial charge in [-0.25, -0.2) is 4.98 Å². The Balaban J connectivity index is 1.72. The van der Waals surface area contributed by atoms with E-state index in [1.165, 1.54) is 12.1 Å². The van der Waals surface area contributed by atoms with Gasteiger partial charge in [0.1, 0.15) is 11.9 Å². The van der Waals surface area contributed by atoms with Crippen molar-refractivity contribution in [1.82, 2.24) is 14.9 Å². The van der Waals surface area contributed by atoms with Crippen molar-refractivity contribution in [3.05, 3.63) is 53.9 Å². The molecule has 0 radical (unpaired) electrons. The molecule has 2 N–H and O–H groups in total. The second-order valence-electron chi connectivity index (χ2n) is 7.40. The summed E-state index contributed by atoms with van der Waals surface area (Å²) in [7, 11) is 2.02. The molecule has 4 rings (SSSR count). The van der Waals surface area contributed by atoms with Crippen molar-refractivity contribution in [1.29, 1.82) is 0 Å². The fraction of sp³-hybridized carbons (Fsp3) is 0.381. The number of fused-ring (bicyclic) bond motifs is 1. The van der Waals surface area contributed by atoms with Crippen molar-refractivity contribution >= 4 is 11.0 Å². The highest BCUT2D eigenvalue weighted by atomic mass is 19.4. The molecule has 6 nitrogen and oxygen atoms in total. The lowest BCUT2D eigenvalue weighted by Crippen LogP contribution is -2.35. The van der Waals surface area contributed by atoms with E-state index in [2.05, 4.69) is 19.6 Å². The molecular weight excluding hydrogens is 399 g/mol. The zero-order valence-corrected chi connectivity index (χ0v) is 16.3. The number of hydrogen-bond acceptors (Lipinski definition) is 5. The van der Waals surface area contributed by atoms with Gasteiger partial charge in [-0.15, -0.1) is 13.2 Å². The summed E-state index contributed by atoms with van der Waals surface area (Å²) in [6.45, 7) is 1.70. The van der Waals surface area contributed by atoms with E-state index in [-0.39, 0.29) is 11.7 Å². The van der Waals surface area contributed by atoms with Crippen molar-refractivity contribution in [3.8, 4) is 11.5 Å². The van der Waals surface area contributed by atoms with Crippen LogP contribution in [0, 0.1) is 0 Å². The van der Waals surface area contributed by atoms with E-state index in [9.17, 15) is 18.3 Å². The molecule has 30 heavy (non-hydrogen) atoms. The van der Waals surface area contributed by atoms with Gasteiger partial charge in [0.05, 0.1) is 17.1 Å². The number of phenols is 1. The fourth-order valence-electron chi connectivity index (χ4n) is 3.65. The van der Waals surface area contributed by atoms with Gasteiger partial charge in [0, 0.05) is 18.7 Å². The SMILES string of the molecule is CN1CCC(OC(c2nc3ccccc3[nH]2)c2cccc(OC(F)(F)F)c2O)CC1. The molecule has 1 saturated heterocycles. The second-order valence-corrected chi connectivity index (χ2v) is 7.40. The van der Waals surface area contributed by atoms with Crippen LogP contribution < -0.4 is 4.74 Å². The number of ether oxygens (including phenoxy) is 2. The van der Waals surface area contributed by atoms with Crippen LogP contribution in [0.3, 0.4) is 0 Å². The highest BCUT2D eigenvalue weighted by Gasteiger charge is 2.34. The van der Waals surface area contributed by atoms with E-state index >= 15 is 0 Å². The van der Waals surface area contributed by atoms with E-state index < -0.39 is 24.0 Å². The number of rotatable bonds is 5. The molecule has 2 aromatic carbocycles. The summed E-state index contributed by atoms with van der Waals surface area (Å²) in [5.41, 5.74) is 1.63. The first-order valence-electron chi connectivity index (χ1n) is 9.66. The van der Waals surface area contributed by atoms with Crippen molar-refractivity contribution in [2.75, 3.05) is 20.1 Å². The molecule has 0 spiro atoms. The van der Waals surface area contributed by atoms with Gasteiger partial charge < -0.3 is 24.5 Å². The number of benzene rings is 2. The number of imidazole rings is 1. The minimum atomic E-state index is -4.92. The number of halogens is 3. The summed E-state index contributed by atoms with van der Waals surface area (Å²) in [5.74, 6) is -0.879. The maximum Gasteiger partial charge on any atom is 0.573 e. The number of likely N-dealkylation sites (tertiary alicyclic amines) is 1. The lowest BCUT2D eigenvalue weighted by Gasteiger charge is -2.31. The topological polar surface area (TPSA) is 70.6 Å². The molecule has 1 aromatic heterocycles. The van der Waals surface area contributed by atoms with Crippen LogP contribution in [0.15, 0.2) is 42.5 Å². The molecule has 1 unspecified atom stereocenters. The minimum absolute atomic E-state index is 0.119. The van der Waals surface area contributed by atoms with E-state index in [4.69, 9.17) is 4.74 Å². The van der Waals surface area contributed by atoms with Crippen LogP contribution in [0.25, 0.3) is 11.0 Å². The number of piperidine rings is 1. The number of hydrogen-bond donors (Lipinski definition) is 2. The summed E-state index contributed by atoms with van der Waals surface area (Å²) < 4.78 is 48.5. The standard InChI is InChI=1S/C21H22F3N3O3/c1-27-11-9-13(10-12-27)29-19(20-25-15-6-2-3-7-16(15)26-20)14-5-4-8-17(18(14)28)30-21(22,23)24/h2-8,13,19,28H,9-12H2,1H3,(H,25,26). The zero-order chi connectivity index (χ0) is 21.3. The van der Waals surface area contributed by atoms with Gasteiger partial charge in [-0.2, -0.15) is 0 Å². The van der Waals surface area contributed by atoms with Crippen molar-refractivity contribution < 1.29 is 27.8 Å². The Kier molecular flexibility index (Phi) is 5.57. The lowest BCUT2D eigenvalue weighted by atomic mass is 10.0. The molecule has 1 aliphatic rings. The third kappa shape index (κ3) is 4.52. The normalized spacial score (nSPS) is 17.3. The van der Waals surface area contributed by atoms with Crippen LogP contribution >= 0.6 is 0 Å². The van der Waals surface area contributed by atoms with Gasteiger partial charge in [-0.1, -0.05) is 24.3 Å². The molecular formula is C21H22F3N3O3. The molecule has 0 aliphatic carbocycles. The number of phenolic OH excluding ortho intramolecular Hbond substituents is 1. The second kappa shape index (κ2) is 8.16. The van der Waals surface area contributed by atoms with Gasteiger partial charge in [0.2, 0.25) is 0 Å². The van der Waals surface area contributed by atoms with E-state index in [1.54, 1.807) is 0 Å². The maximum atomic E-state index is 12.7. The summed E-state index contributed by atoms with van der Waals surface area (Å²) in [4.78, 5) is 9.90. The van der Waals surface area contributed by atoms with Gasteiger partial charge in [-0.3, -0.25) is 0 Å². The van der Waals surface area contributed by atoms with Crippen LogP contribution in [-0.2, 0) is 4.74 Å². The van der Waals surface area contributed by atoms with Crippen molar-refractivity contribution in [2.45, 2.75) is 31.4 Å². The Morgan fingerprint density at radius 2 is 1.87 bits per heavy atom. The third-order valence-corrected chi connectivity index (χ3v) is 5.19. The molecule has 1 atom stereocenters. The predicted octanol–water partition coefficient (Wildman–Crippen LogP) is 4.37. The number of nitrogens with zero attached hydrogens (tertiary/aromatic N) is 2. The summed E-state index contributed by atoms with van der Waals surface area (Å²) in [6.07, 6.45) is -4.37. The number of aromatic nitrogens is 2. The van der Waals surface area contributed by atoms with Crippen molar-refractivity contribution in [3.63, 3.8) is 0 Å². The van der Waals surface area contributed by atoms with Gasteiger partial charge in [-0.05, 0) is 38.1 Å². The van der Waals surface area contributed by atoms with Crippen LogP contribution in [-0.4, -0.2) is 52.6 Å². The van der Waals surface area contributed by atoms with Crippen molar-refractivity contribution in [2.24, 2.45) is 0 Å². The molecule has 160 valence electrons. The first-order chi connectivity index (χ1) is 14.3. The molecule has 9 heteroatoms. The Bertz CT molecular complexity index is 980. The smallest absolute Gasteiger partial charge is 0.504 e. The molecule has 0 saturated carbocycles. The number of alkyl halides is 3. The average Bonchev–Trinajstić information content (AvgIpc) is 3.12. The number of para-hydroxylation sites is 3. The van der Waals surface area contributed by atoms with Gasteiger partial charge in [0.25, 0.3) is 0 Å². The molecule has 0 bridgehead atoms. The minimum Gasteiger partial charge on any atom is -0.504 e. The highest BCUT2D eigenvalue weighted by molar-refractivity contribution is 5.75. The lowest BCUT2D eigenvalue weighted by molar-refractivity contribution is -0.275. The van der Waals surface area contributed by atoms with Gasteiger partial charge >= 0.3 is 6.36 Å². The monoisotopic (exact) mass is 421 g/mol. The Labute approximate surface area is 171 Å². The average molecular weight is 421 g/mol. The highest BCUT2D eigenvalue weighted by Crippen LogP contribution is 2.41. The fourth-order valence-corrected chi connectivity index (χ4v) is 3.65. The molecule has 1 fully saturated rings. The van der Waals surface area contributed by atoms with E-state index in [1.807, 2.05) is 31.3 Å². The molecule has 3 aromatic rings. The largest absolute Gasteiger partial charge is 0.573 e. The van der Waals surface area contributed by atoms with E-state index in [0.29, 0.717) is 11.3 Å². The quantitative estimate of drug-likeness (QED) is 0.640. The first kappa shape index (κ1) is 20.5. The summed E-state index contributed by atoms with van der Waals surface area (Å²) in [6, 6.07) is 11.3. The van der Waals surface area contributed by atoms with Crippen LogP contribution in [0.1, 0.15) is 30.3 Å².